The van der Waals surface area contributed by atoms with Crippen molar-refractivity contribution in [1.29, 1.82) is 0 Å². The summed E-state index contributed by atoms with van der Waals surface area (Å²) in [6, 6.07) is 14.7. The third-order valence-electron chi connectivity index (χ3n) is 5.39. The Morgan fingerprint density at radius 2 is 1.81 bits per heavy atom. The van der Waals surface area contributed by atoms with Crippen molar-refractivity contribution in [2.45, 2.75) is 39.0 Å². The fraction of sp³-hybridized carbons (Fsp3) is 0.320. The minimum atomic E-state index is -1.01. The van der Waals surface area contributed by atoms with Gasteiger partial charge in [0.2, 0.25) is 11.6 Å². The summed E-state index contributed by atoms with van der Waals surface area (Å²) < 4.78 is 13.0. The molecule has 0 aliphatic rings. The van der Waals surface area contributed by atoms with Crippen molar-refractivity contribution in [1.82, 2.24) is 14.8 Å². The molecule has 0 bridgehead atoms. The highest BCUT2D eigenvalue weighted by Gasteiger charge is 2.35. The lowest BCUT2D eigenvalue weighted by atomic mass is 9.99. The molecule has 0 spiro atoms. The second-order valence-electron chi connectivity index (χ2n) is 7.18. The van der Waals surface area contributed by atoms with E-state index in [-0.39, 0.29) is 5.56 Å². The van der Waals surface area contributed by atoms with Gasteiger partial charge in [-0.25, -0.2) is 14.5 Å². The van der Waals surface area contributed by atoms with Crippen LogP contribution in [0.2, 0.25) is 0 Å². The molecule has 0 fully saturated rings. The van der Waals surface area contributed by atoms with Crippen LogP contribution in [-0.4, -0.2) is 40.1 Å². The van der Waals surface area contributed by atoms with E-state index in [0.29, 0.717) is 30.8 Å². The van der Waals surface area contributed by atoms with Gasteiger partial charge in [-0.1, -0.05) is 55.3 Å². The highest BCUT2D eigenvalue weighted by molar-refractivity contribution is 5.95. The van der Waals surface area contributed by atoms with Gasteiger partial charge in [-0.15, -0.1) is 11.0 Å². The first-order valence-corrected chi connectivity index (χ1v) is 10.3. The molecule has 3 aromatic rings. The number of carboxylic acids is 1. The third kappa shape index (κ3) is 4.72. The summed E-state index contributed by atoms with van der Waals surface area (Å²) in [7, 11) is 3.15. The molecule has 1 aromatic heterocycles. The number of hydrogen-bond donors (Lipinski definition) is 1. The quantitative estimate of drug-likeness (QED) is 0.404. The number of ether oxygens (including phenoxy) is 2. The molecule has 0 unspecified atom stereocenters. The molecule has 0 aliphatic heterocycles. The summed E-state index contributed by atoms with van der Waals surface area (Å²) in [5.41, 5.74) is 2.80. The Balaban J connectivity index is 1.93. The van der Waals surface area contributed by atoms with Crippen LogP contribution in [0.5, 0.6) is 0 Å². The molecule has 0 amide bonds. The number of benzene rings is 2. The van der Waals surface area contributed by atoms with Crippen molar-refractivity contribution in [3.8, 4) is 23.0 Å². The van der Waals surface area contributed by atoms with Gasteiger partial charge in [0.1, 0.15) is 5.82 Å². The van der Waals surface area contributed by atoms with Gasteiger partial charge < -0.3 is 14.6 Å². The lowest BCUT2D eigenvalue weighted by Gasteiger charge is -2.26. The SMILES string of the molecule is CC#CCc1nc(C(CC)(OC)OC)nn1Cc1ccc(-c2ccccc2C(=O)O)cc1. The molecule has 0 saturated heterocycles. The van der Waals surface area contributed by atoms with Crippen LogP contribution in [0.4, 0.5) is 0 Å². The summed E-state index contributed by atoms with van der Waals surface area (Å²) in [6.45, 7) is 4.23. The number of hydrogen-bond acceptors (Lipinski definition) is 5. The molecule has 3 rings (SSSR count). The zero-order valence-corrected chi connectivity index (χ0v) is 18.8. The van der Waals surface area contributed by atoms with Gasteiger partial charge in [-0.3, -0.25) is 0 Å². The Morgan fingerprint density at radius 1 is 1.12 bits per heavy atom. The van der Waals surface area contributed by atoms with Crippen LogP contribution in [0.15, 0.2) is 48.5 Å². The Bertz CT molecular complexity index is 1130. The summed E-state index contributed by atoms with van der Waals surface area (Å²) in [5, 5.41) is 14.1. The van der Waals surface area contributed by atoms with Gasteiger partial charge in [0.15, 0.2) is 0 Å². The van der Waals surface area contributed by atoms with Crippen molar-refractivity contribution in [2.75, 3.05) is 14.2 Å². The summed E-state index contributed by atoms with van der Waals surface area (Å²) in [6.07, 6.45) is 1.02. The minimum absolute atomic E-state index is 0.275. The Hall–Kier alpha value is -3.47. The fourth-order valence-corrected chi connectivity index (χ4v) is 3.56. The predicted molar refractivity (Wildman–Crippen MR) is 121 cm³/mol. The van der Waals surface area contributed by atoms with E-state index in [4.69, 9.17) is 9.47 Å². The molecule has 0 aliphatic carbocycles. The third-order valence-corrected chi connectivity index (χ3v) is 5.39. The van der Waals surface area contributed by atoms with Crippen LogP contribution in [0.3, 0.4) is 0 Å². The zero-order chi connectivity index (χ0) is 23.1. The topological polar surface area (TPSA) is 86.5 Å². The summed E-state index contributed by atoms with van der Waals surface area (Å²) in [5.74, 6) is 5.17. The van der Waals surface area contributed by atoms with Crippen LogP contribution in [0, 0.1) is 11.8 Å². The molecule has 0 saturated carbocycles. The van der Waals surface area contributed by atoms with Crippen LogP contribution >= 0.6 is 0 Å². The number of carboxylic acid groups (broad SMARTS) is 1. The largest absolute Gasteiger partial charge is 0.478 e. The average Bonchev–Trinajstić information content (AvgIpc) is 3.22. The number of aromatic nitrogens is 3. The van der Waals surface area contributed by atoms with Crippen LogP contribution < -0.4 is 0 Å². The standard InChI is InChI=1S/C25H27N3O4/c1-5-7-12-22-26-24(25(6-2,31-3)32-4)27-28(22)17-18-13-15-19(16-14-18)20-10-8-9-11-21(20)23(29)30/h8-11,13-16H,6,12,17H2,1-4H3,(H,29,30). The van der Waals surface area contributed by atoms with Crippen molar-refractivity contribution >= 4 is 5.97 Å². The molecule has 2 aromatic carbocycles. The molecule has 0 radical (unpaired) electrons. The van der Waals surface area contributed by atoms with Crippen molar-refractivity contribution in [2.24, 2.45) is 0 Å². The van der Waals surface area contributed by atoms with E-state index in [0.717, 1.165) is 17.0 Å². The first-order valence-electron chi connectivity index (χ1n) is 10.3. The number of carbonyl (C=O) groups is 1. The van der Waals surface area contributed by atoms with Crippen LogP contribution in [-0.2, 0) is 28.2 Å². The number of rotatable bonds is 9. The van der Waals surface area contributed by atoms with Crippen LogP contribution in [0.25, 0.3) is 11.1 Å². The predicted octanol–water partition coefficient (Wildman–Crippen LogP) is 4.11. The monoisotopic (exact) mass is 433 g/mol. The molecular weight excluding hydrogens is 406 g/mol. The van der Waals surface area contributed by atoms with Crippen molar-refractivity contribution < 1.29 is 19.4 Å². The maximum atomic E-state index is 11.5. The Kier molecular flexibility index (Phi) is 7.41. The van der Waals surface area contributed by atoms with E-state index in [9.17, 15) is 9.90 Å². The van der Waals surface area contributed by atoms with E-state index in [2.05, 4.69) is 21.9 Å². The summed E-state index contributed by atoms with van der Waals surface area (Å²) in [4.78, 5) is 16.2. The smallest absolute Gasteiger partial charge is 0.336 e. The molecule has 0 atom stereocenters. The average molecular weight is 434 g/mol. The number of nitrogens with zero attached hydrogens (tertiary/aromatic N) is 3. The summed E-state index contributed by atoms with van der Waals surface area (Å²) >= 11 is 0. The maximum absolute atomic E-state index is 11.5. The number of aromatic carboxylic acids is 1. The zero-order valence-electron chi connectivity index (χ0n) is 18.8. The second kappa shape index (κ2) is 10.2. The lowest BCUT2D eigenvalue weighted by Crippen LogP contribution is -2.31. The van der Waals surface area contributed by atoms with Gasteiger partial charge in [0, 0.05) is 20.6 Å². The van der Waals surface area contributed by atoms with E-state index in [1.54, 1.807) is 33.3 Å². The van der Waals surface area contributed by atoms with Gasteiger partial charge in [0.25, 0.3) is 0 Å². The first-order chi connectivity index (χ1) is 15.5. The number of methoxy groups -OCH3 is 2. The van der Waals surface area contributed by atoms with Crippen molar-refractivity contribution in [3.63, 3.8) is 0 Å². The van der Waals surface area contributed by atoms with E-state index >= 15 is 0 Å². The molecule has 166 valence electrons. The minimum Gasteiger partial charge on any atom is -0.478 e. The van der Waals surface area contributed by atoms with Crippen LogP contribution in [0.1, 0.15) is 47.8 Å². The second-order valence-corrected chi connectivity index (χ2v) is 7.18. The molecular formula is C25H27N3O4. The Labute approximate surface area is 188 Å². The van der Waals surface area contributed by atoms with Gasteiger partial charge in [-0.05, 0) is 29.7 Å². The van der Waals surface area contributed by atoms with Gasteiger partial charge >= 0.3 is 5.97 Å². The molecule has 32 heavy (non-hydrogen) atoms. The molecule has 1 heterocycles. The maximum Gasteiger partial charge on any atom is 0.336 e. The normalized spacial score (nSPS) is 11.1. The highest BCUT2D eigenvalue weighted by Crippen LogP contribution is 2.28. The van der Waals surface area contributed by atoms with E-state index in [1.165, 1.54) is 0 Å². The molecule has 1 N–H and O–H groups in total. The van der Waals surface area contributed by atoms with Gasteiger partial charge in [0.05, 0.1) is 18.5 Å². The Morgan fingerprint density at radius 3 is 2.41 bits per heavy atom. The lowest BCUT2D eigenvalue weighted by molar-refractivity contribution is -0.222. The van der Waals surface area contributed by atoms with Gasteiger partial charge in [-0.2, -0.15) is 0 Å². The van der Waals surface area contributed by atoms with E-state index in [1.807, 2.05) is 48.0 Å². The fourth-order valence-electron chi connectivity index (χ4n) is 3.56. The molecule has 7 heteroatoms. The van der Waals surface area contributed by atoms with E-state index < -0.39 is 11.8 Å². The first kappa shape index (κ1) is 23.2. The van der Waals surface area contributed by atoms with Crippen molar-refractivity contribution in [3.05, 3.63) is 71.3 Å². The molecule has 7 nitrogen and oxygen atoms in total. The highest BCUT2D eigenvalue weighted by atomic mass is 16.7.